The van der Waals surface area contributed by atoms with E-state index < -0.39 is 0 Å². The van der Waals surface area contributed by atoms with Crippen LogP contribution in [0.1, 0.15) is 12.0 Å². The fourth-order valence-electron chi connectivity index (χ4n) is 3.22. The first-order valence-corrected chi connectivity index (χ1v) is 10.4. The summed E-state index contributed by atoms with van der Waals surface area (Å²) >= 11 is 12.0. The molecule has 1 aliphatic heterocycles. The van der Waals surface area contributed by atoms with Gasteiger partial charge in [0.05, 0.1) is 6.54 Å². The molecule has 30 heavy (non-hydrogen) atoms. The van der Waals surface area contributed by atoms with Crippen molar-refractivity contribution >= 4 is 40.8 Å². The Morgan fingerprint density at radius 3 is 2.50 bits per heavy atom. The van der Waals surface area contributed by atoms with E-state index in [4.69, 9.17) is 23.2 Å². The Morgan fingerprint density at radius 2 is 1.77 bits per heavy atom. The number of urea groups is 1. The average molecular weight is 453 g/mol. The molecule has 3 amide bonds. The fraction of sp³-hybridized carbons (Fsp3) is 0.333. The molecule has 0 bridgehead atoms. The van der Waals surface area contributed by atoms with E-state index in [1.165, 1.54) is 24.3 Å². The third-order valence-electron chi connectivity index (χ3n) is 4.82. The highest BCUT2D eigenvalue weighted by Gasteiger charge is 2.20. The largest absolute Gasteiger partial charge is 0.334 e. The predicted octanol–water partition coefficient (Wildman–Crippen LogP) is 3.99. The maximum atomic E-state index is 13.0. The third kappa shape index (κ3) is 6.58. The van der Waals surface area contributed by atoms with E-state index >= 15 is 0 Å². The number of nitrogens with one attached hydrogen (secondary N) is 2. The molecule has 1 heterocycles. The normalized spacial score (nSPS) is 14.8. The highest BCUT2D eigenvalue weighted by molar-refractivity contribution is 6.35. The highest BCUT2D eigenvalue weighted by atomic mass is 35.5. The second kappa shape index (κ2) is 10.6. The van der Waals surface area contributed by atoms with Gasteiger partial charge in [0.2, 0.25) is 5.91 Å². The van der Waals surface area contributed by atoms with Gasteiger partial charge in [-0.15, -0.1) is 0 Å². The van der Waals surface area contributed by atoms with Crippen LogP contribution in [-0.2, 0) is 11.3 Å². The van der Waals surface area contributed by atoms with Crippen molar-refractivity contribution in [1.82, 2.24) is 15.1 Å². The van der Waals surface area contributed by atoms with E-state index in [1.54, 1.807) is 23.1 Å². The number of nitrogens with zero attached hydrogens (tertiary/aromatic N) is 2. The van der Waals surface area contributed by atoms with Crippen molar-refractivity contribution < 1.29 is 14.0 Å². The predicted molar refractivity (Wildman–Crippen MR) is 116 cm³/mol. The molecule has 1 fully saturated rings. The SMILES string of the molecule is O=C(CN1CCCN(C(=O)NCc2ccc(Cl)cc2Cl)CC1)Nc1ccc(F)cc1. The molecule has 2 aromatic carbocycles. The van der Waals surface area contributed by atoms with Crippen molar-refractivity contribution in [2.75, 3.05) is 38.0 Å². The van der Waals surface area contributed by atoms with Gasteiger partial charge in [0, 0.05) is 48.5 Å². The van der Waals surface area contributed by atoms with Gasteiger partial charge < -0.3 is 15.5 Å². The number of anilines is 1. The highest BCUT2D eigenvalue weighted by Crippen LogP contribution is 2.20. The lowest BCUT2D eigenvalue weighted by Gasteiger charge is -2.22. The van der Waals surface area contributed by atoms with Crippen molar-refractivity contribution in [1.29, 1.82) is 0 Å². The van der Waals surface area contributed by atoms with Crippen LogP contribution >= 0.6 is 23.2 Å². The van der Waals surface area contributed by atoms with Crippen molar-refractivity contribution in [3.05, 3.63) is 63.9 Å². The van der Waals surface area contributed by atoms with Crippen LogP contribution in [0.2, 0.25) is 10.0 Å². The summed E-state index contributed by atoms with van der Waals surface area (Å²) in [7, 11) is 0. The quantitative estimate of drug-likeness (QED) is 0.720. The molecule has 0 aromatic heterocycles. The monoisotopic (exact) mass is 452 g/mol. The molecule has 2 aromatic rings. The van der Waals surface area contributed by atoms with Gasteiger partial charge in [0.15, 0.2) is 0 Å². The third-order valence-corrected chi connectivity index (χ3v) is 5.40. The van der Waals surface area contributed by atoms with Crippen LogP contribution in [0.25, 0.3) is 0 Å². The van der Waals surface area contributed by atoms with Crippen LogP contribution in [0.4, 0.5) is 14.9 Å². The number of hydrogen-bond donors (Lipinski definition) is 2. The molecule has 0 radical (unpaired) electrons. The molecule has 1 saturated heterocycles. The molecule has 0 spiro atoms. The molecular formula is C21H23Cl2FN4O2. The second-order valence-corrected chi connectivity index (χ2v) is 7.91. The summed E-state index contributed by atoms with van der Waals surface area (Å²) in [5.41, 5.74) is 1.35. The molecule has 0 aliphatic carbocycles. The number of halogens is 3. The lowest BCUT2D eigenvalue weighted by molar-refractivity contribution is -0.117. The Kier molecular flexibility index (Phi) is 7.90. The summed E-state index contributed by atoms with van der Waals surface area (Å²) in [6.45, 7) is 2.96. The van der Waals surface area contributed by atoms with Crippen molar-refractivity contribution in [3.8, 4) is 0 Å². The Morgan fingerprint density at radius 1 is 1.00 bits per heavy atom. The molecule has 6 nitrogen and oxygen atoms in total. The molecule has 160 valence electrons. The van der Waals surface area contributed by atoms with E-state index in [0.717, 1.165) is 12.0 Å². The molecule has 1 aliphatic rings. The van der Waals surface area contributed by atoms with E-state index in [2.05, 4.69) is 10.6 Å². The van der Waals surface area contributed by atoms with Gasteiger partial charge in [-0.05, 0) is 48.4 Å². The number of benzene rings is 2. The van der Waals surface area contributed by atoms with Crippen LogP contribution in [0, 0.1) is 5.82 Å². The number of carbonyl (C=O) groups excluding carboxylic acids is 2. The summed E-state index contributed by atoms with van der Waals surface area (Å²) < 4.78 is 13.0. The topological polar surface area (TPSA) is 64.7 Å². The molecule has 2 N–H and O–H groups in total. The molecule has 0 unspecified atom stereocenters. The van der Waals surface area contributed by atoms with E-state index in [9.17, 15) is 14.0 Å². The molecule has 3 rings (SSSR count). The molecule has 0 saturated carbocycles. The Balaban J connectivity index is 1.45. The first-order valence-electron chi connectivity index (χ1n) is 9.65. The number of hydrogen-bond acceptors (Lipinski definition) is 3. The average Bonchev–Trinajstić information content (AvgIpc) is 2.94. The van der Waals surface area contributed by atoms with Gasteiger partial charge >= 0.3 is 6.03 Å². The minimum atomic E-state index is -0.350. The summed E-state index contributed by atoms with van der Waals surface area (Å²) in [6.07, 6.45) is 0.763. The van der Waals surface area contributed by atoms with E-state index in [-0.39, 0.29) is 24.3 Å². The minimum absolute atomic E-state index is 0.168. The van der Waals surface area contributed by atoms with Gasteiger partial charge in [-0.3, -0.25) is 9.69 Å². The molecule has 0 atom stereocenters. The Hall–Kier alpha value is -2.35. The van der Waals surface area contributed by atoms with Crippen molar-refractivity contribution in [3.63, 3.8) is 0 Å². The van der Waals surface area contributed by atoms with Gasteiger partial charge in [0.25, 0.3) is 0 Å². The van der Waals surface area contributed by atoms with Crippen LogP contribution in [-0.4, -0.2) is 54.5 Å². The van der Waals surface area contributed by atoms with Crippen molar-refractivity contribution in [2.24, 2.45) is 0 Å². The first-order chi connectivity index (χ1) is 14.4. The van der Waals surface area contributed by atoms with Gasteiger partial charge in [-0.1, -0.05) is 29.3 Å². The fourth-order valence-corrected chi connectivity index (χ4v) is 3.69. The number of carbonyl (C=O) groups is 2. The van der Waals surface area contributed by atoms with Crippen LogP contribution in [0.3, 0.4) is 0 Å². The van der Waals surface area contributed by atoms with E-state index in [0.29, 0.717) is 48.5 Å². The minimum Gasteiger partial charge on any atom is -0.334 e. The zero-order valence-corrected chi connectivity index (χ0v) is 17.8. The smallest absolute Gasteiger partial charge is 0.317 e. The van der Waals surface area contributed by atoms with E-state index in [1.807, 2.05) is 4.90 Å². The summed E-state index contributed by atoms with van der Waals surface area (Å²) in [5.74, 6) is -0.519. The summed E-state index contributed by atoms with van der Waals surface area (Å²) in [6, 6.07) is 10.6. The summed E-state index contributed by atoms with van der Waals surface area (Å²) in [4.78, 5) is 28.5. The molecule has 9 heteroatoms. The lowest BCUT2D eigenvalue weighted by Crippen LogP contribution is -2.42. The Labute approximate surface area is 184 Å². The molecular weight excluding hydrogens is 430 g/mol. The van der Waals surface area contributed by atoms with Crippen LogP contribution in [0.15, 0.2) is 42.5 Å². The van der Waals surface area contributed by atoms with Crippen molar-refractivity contribution in [2.45, 2.75) is 13.0 Å². The van der Waals surface area contributed by atoms with Gasteiger partial charge in [-0.2, -0.15) is 0 Å². The zero-order valence-electron chi connectivity index (χ0n) is 16.3. The van der Waals surface area contributed by atoms with Gasteiger partial charge in [0.1, 0.15) is 5.82 Å². The lowest BCUT2D eigenvalue weighted by atomic mass is 10.2. The standard InChI is InChI=1S/C21H23Cl2FN4O2/c22-16-3-2-15(19(23)12-16)13-25-21(30)28-9-1-8-27(10-11-28)14-20(29)26-18-6-4-17(24)5-7-18/h2-7,12H,1,8-11,13-14H2,(H,25,30)(H,26,29). The van der Waals surface area contributed by atoms with Crippen LogP contribution < -0.4 is 10.6 Å². The van der Waals surface area contributed by atoms with Gasteiger partial charge in [-0.25, -0.2) is 9.18 Å². The number of rotatable bonds is 5. The number of amides is 3. The summed E-state index contributed by atoms with van der Waals surface area (Å²) in [5, 5.41) is 6.70. The Bertz CT molecular complexity index is 895. The zero-order chi connectivity index (χ0) is 21.5. The maximum Gasteiger partial charge on any atom is 0.317 e. The maximum absolute atomic E-state index is 13.0. The van der Waals surface area contributed by atoms with Crippen LogP contribution in [0.5, 0.6) is 0 Å². The second-order valence-electron chi connectivity index (χ2n) is 7.07. The first kappa shape index (κ1) is 22.3.